The fourth-order valence-electron chi connectivity index (χ4n) is 2.07. The van der Waals surface area contributed by atoms with Crippen LogP contribution in [0.1, 0.15) is 18.2 Å². The summed E-state index contributed by atoms with van der Waals surface area (Å²) in [6, 6.07) is 10.8. The predicted octanol–water partition coefficient (Wildman–Crippen LogP) is 2.89. The lowest BCUT2D eigenvalue weighted by atomic mass is 10.1. The third-order valence-corrected chi connectivity index (χ3v) is 3.16. The molecule has 0 aliphatic heterocycles. The van der Waals surface area contributed by atoms with E-state index in [-0.39, 0.29) is 0 Å². The quantitative estimate of drug-likeness (QED) is 0.907. The predicted molar refractivity (Wildman–Crippen MR) is 84.3 cm³/mol. The first-order valence-electron chi connectivity index (χ1n) is 6.87. The van der Waals surface area contributed by atoms with Crippen LogP contribution in [0.2, 0.25) is 0 Å². The van der Waals surface area contributed by atoms with Crippen LogP contribution in [0.4, 0.5) is 11.6 Å². The average molecular weight is 270 g/mol. The highest BCUT2D eigenvalue weighted by Crippen LogP contribution is 2.14. The van der Waals surface area contributed by atoms with Gasteiger partial charge in [0, 0.05) is 37.7 Å². The van der Waals surface area contributed by atoms with Gasteiger partial charge in [0.15, 0.2) is 0 Å². The Morgan fingerprint density at radius 3 is 2.45 bits per heavy atom. The molecule has 0 fully saturated rings. The minimum Gasteiger partial charge on any atom is -0.378 e. The van der Waals surface area contributed by atoms with E-state index in [0.29, 0.717) is 12.0 Å². The van der Waals surface area contributed by atoms with E-state index in [0.717, 1.165) is 12.1 Å². The van der Waals surface area contributed by atoms with Crippen molar-refractivity contribution < 1.29 is 0 Å². The lowest BCUT2D eigenvalue weighted by molar-refractivity contribution is 0.775. The SMILES string of the molecule is Cc1ccnc(N[C@H](C)Cc2ccc(N(C)C)cc2)n1. The molecule has 1 heterocycles. The van der Waals surface area contributed by atoms with Gasteiger partial charge >= 0.3 is 0 Å². The fraction of sp³-hybridized carbons (Fsp3) is 0.375. The zero-order valence-corrected chi connectivity index (χ0v) is 12.6. The van der Waals surface area contributed by atoms with Crippen LogP contribution in [0.15, 0.2) is 36.5 Å². The highest BCUT2D eigenvalue weighted by atomic mass is 15.1. The van der Waals surface area contributed by atoms with E-state index in [1.165, 1.54) is 11.3 Å². The smallest absolute Gasteiger partial charge is 0.223 e. The van der Waals surface area contributed by atoms with Gasteiger partial charge in [0.2, 0.25) is 5.95 Å². The molecule has 0 aliphatic rings. The Kier molecular flexibility index (Phi) is 4.56. The van der Waals surface area contributed by atoms with Crippen molar-refractivity contribution in [3.8, 4) is 0 Å². The molecule has 1 atom stereocenters. The van der Waals surface area contributed by atoms with E-state index < -0.39 is 0 Å². The minimum atomic E-state index is 0.294. The van der Waals surface area contributed by atoms with Crippen molar-refractivity contribution in [1.29, 1.82) is 0 Å². The number of hydrogen-bond donors (Lipinski definition) is 1. The number of rotatable bonds is 5. The second-order valence-corrected chi connectivity index (χ2v) is 5.33. The first-order chi connectivity index (χ1) is 9.54. The number of nitrogens with zero attached hydrogens (tertiary/aromatic N) is 3. The molecule has 0 radical (unpaired) electrons. The summed E-state index contributed by atoms with van der Waals surface area (Å²) in [6.07, 6.45) is 2.73. The summed E-state index contributed by atoms with van der Waals surface area (Å²) in [6.45, 7) is 4.11. The molecular weight excluding hydrogens is 248 g/mol. The highest BCUT2D eigenvalue weighted by molar-refractivity contribution is 5.46. The molecule has 0 saturated heterocycles. The van der Waals surface area contributed by atoms with Crippen molar-refractivity contribution in [3.63, 3.8) is 0 Å². The molecule has 0 amide bonds. The number of benzene rings is 1. The third kappa shape index (κ3) is 3.95. The number of hydrogen-bond acceptors (Lipinski definition) is 4. The number of anilines is 2. The zero-order valence-electron chi connectivity index (χ0n) is 12.6. The normalized spacial score (nSPS) is 12.0. The van der Waals surface area contributed by atoms with Crippen molar-refractivity contribution in [1.82, 2.24) is 9.97 Å². The van der Waals surface area contributed by atoms with E-state index in [9.17, 15) is 0 Å². The summed E-state index contributed by atoms with van der Waals surface area (Å²) in [5, 5.41) is 3.34. The van der Waals surface area contributed by atoms with E-state index in [1.807, 2.05) is 27.1 Å². The average Bonchev–Trinajstić information content (AvgIpc) is 2.39. The maximum absolute atomic E-state index is 4.36. The molecule has 2 rings (SSSR count). The summed E-state index contributed by atoms with van der Waals surface area (Å²) < 4.78 is 0. The van der Waals surface area contributed by atoms with Gasteiger partial charge in [0.1, 0.15) is 0 Å². The van der Waals surface area contributed by atoms with E-state index >= 15 is 0 Å². The molecule has 0 saturated carbocycles. The van der Waals surface area contributed by atoms with Gasteiger partial charge in [-0.25, -0.2) is 9.97 Å². The zero-order chi connectivity index (χ0) is 14.5. The molecule has 20 heavy (non-hydrogen) atoms. The molecule has 2 aromatic rings. The Bertz CT molecular complexity index is 549. The van der Waals surface area contributed by atoms with Gasteiger partial charge in [-0.15, -0.1) is 0 Å². The first kappa shape index (κ1) is 14.3. The number of aromatic nitrogens is 2. The van der Waals surface area contributed by atoms with Crippen molar-refractivity contribution >= 4 is 11.6 Å². The van der Waals surface area contributed by atoms with Gasteiger partial charge in [-0.3, -0.25) is 0 Å². The van der Waals surface area contributed by atoms with Gasteiger partial charge in [-0.2, -0.15) is 0 Å². The van der Waals surface area contributed by atoms with Gasteiger partial charge in [-0.1, -0.05) is 12.1 Å². The lowest BCUT2D eigenvalue weighted by Crippen LogP contribution is -2.20. The second-order valence-electron chi connectivity index (χ2n) is 5.33. The van der Waals surface area contributed by atoms with Gasteiger partial charge in [0.05, 0.1) is 0 Å². The highest BCUT2D eigenvalue weighted by Gasteiger charge is 2.06. The fourth-order valence-corrected chi connectivity index (χ4v) is 2.07. The van der Waals surface area contributed by atoms with Crippen LogP contribution < -0.4 is 10.2 Å². The molecule has 1 N–H and O–H groups in total. The molecule has 0 unspecified atom stereocenters. The van der Waals surface area contributed by atoms with Gasteiger partial charge in [0.25, 0.3) is 0 Å². The molecule has 4 nitrogen and oxygen atoms in total. The number of aryl methyl sites for hydroxylation is 1. The minimum absolute atomic E-state index is 0.294. The van der Waals surface area contributed by atoms with Crippen LogP contribution in [0.5, 0.6) is 0 Å². The molecule has 106 valence electrons. The van der Waals surface area contributed by atoms with Gasteiger partial charge < -0.3 is 10.2 Å². The van der Waals surface area contributed by atoms with Crippen LogP contribution in [0, 0.1) is 6.92 Å². The van der Waals surface area contributed by atoms with Crippen LogP contribution in [0.3, 0.4) is 0 Å². The lowest BCUT2D eigenvalue weighted by Gasteiger charge is -2.16. The van der Waals surface area contributed by atoms with Gasteiger partial charge in [-0.05, 0) is 44.0 Å². The van der Waals surface area contributed by atoms with Crippen LogP contribution >= 0.6 is 0 Å². The first-order valence-corrected chi connectivity index (χ1v) is 6.87. The van der Waals surface area contributed by atoms with Crippen molar-refractivity contribution in [2.75, 3.05) is 24.3 Å². The molecule has 4 heteroatoms. The van der Waals surface area contributed by atoms with E-state index in [2.05, 4.69) is 51.4 Å². The Labute approximate surface area is 120 Å². The molecule has 1 aromatic carbocycles. The Morgan fingerprint density at radius 1 is 1.15 bits per heavy atom. The van der Waals surface area contributed by atoms with E-state index in [4.69, 9.17) is 0 Å². The summed E-state index contributed by atoms with van der Waals surface area (Å²) in [5.41, 5.74) is 3.50. The van der Waals surface area contributed by atoms with Crippen LogP contribution in [0.25, 0.3) is 0 Å². The summed E-state index contributed by atoms with van der Waals surface area (Å²) in [4.78, 5) is 10.7. The molecule has 1 aromatic heterocycles. The number of nitrogens with one attached hydrogen (secondary N) is 1. The van der Waals surface area contributed by atoms with Crippen molar-refractivity contribution in [3.05, 3.63) is 47.8 Å². The Balaban J connectivity index is 1.95. The topological polar surface area (TPSA) is 41.1 Å². The van der Waals surface area contributed by atoms with Crippen LogP contribution in [-0.4, -0.2) is 30.1 Å². The Hall–Kier alpha value is -2.10. The largest absolute Gasteiger partial charge is 0.378 e. The summed E-state index contributed by atoms with van der Waals surface area (Å²) in [5.74, 6) is 0.697. The van der Waals surface area contributed by atoms with Crippen LogP contribution in [-0.2, 0) is 6.42 Å². The van der Waals surface area contributed by atoms with E-state index in [1.54, 1.807) is 6.20 Å². The maximum Gasteiger partial charge on any atom is 0.223 e. The van der Waals surface area contributed by atoms with Crippen molar-refractivity contribution in [2.45, 2.75) is 26.3 Å². The second kappa shape index (κ2) is 6.37. The monoisotopic (exact) mass is 270 g/mol. The molecular formula is C16H22N4. The standard InChI is InChI=1S/C16H22N4/c1-12-9-10-17-16(18-12)19-13(2)11-14-5-7-15(8-6-14)20(3)4/h5-10,13H,11H2,1-4H3,(H,17,18,19)/t13-/m1/s1. The molecule has 0 bridgehead atoms. The summed E-state index contributed by atoms with van der Waals surface area (Å²) in [7, 11) is 4.10. The molecule has 0 aliphatic carbocycles. The van der Waals surface area contributed by atoms with Crippen molar-refractivity contribution in [2.24, 2.45) is 0 Å². The summed E-state index contributed by atoms with van der Waals surface area (Å²) >= 11 is 0. The Morgan fingerprint density at radius 2 is 1.85 bits per heavy atom. The maximum atomic E-state index is 4.36. The third-order valence-electron chi connectivity index (χ3n) is 3.16. The molecule has 0 spiro atoms.